The number of hydrogen-bond acceptors (Lipinski definition) is 2. The third kappa shape index (κ3) is 3.21. The quantitative estimate of drug-likeness (QED) is 0.920. The van der Waals surface area contributed by atoms with E-state index in [-0.39, 0.29) is 10.9 Å². The Balaban J connectivity index is 2.14. The smallest absolute Gasteiger partial charge is 0.208 e. The molecule has 1 fully saturated rings. The van der Waals surface area contributed by atoms with Gasteiger partial charge in [0.05, 0.1) is 4.90 Å². The van der Waals surface area contributed by atoms with Gasteiger partial charge in [-0.3, -0.25) is 0 Å². The van der Waals surface area contributed by atoms with Gasteiger partial charge in [-0.15, -0.1) is 0 Å². The van der Waals surface area contributed by atoms with E-state index in [4.69, 9.17) is 11.6 Å². The van der Waals surface area contributed by atoms with E-state index < -0.39 is 10.0 Å². The highest BCUT2D eigenvalue weighted by atomic mass is 35.5. The standard InChI is InChI=1S/C12H16ClNO2S/c1-9-5-6-11(7-9)14-17(15,16)12-4-2-3-10(13)8-12/h2-4,8-9,11,14H,5-7H2,1H3. The van der Waals surface area contributed by atoms with E-state index in [2.05, 4.69) is 11.6 Å². The lowest BCUT2D eigenvalue weighted by Gasteiger charge is -2.13. The molecule has 1 aliphatic rings. The van der Waals surface area contributed by atoms with E-state index in [9.17, 15) is 8.42 Å². The summed E-state index contributed by atoms with van der Waals surface area (Å²) in [4.78, 5) is 0.240. The van der Waals surface area contributed by atoms with E-state index in [0.29, 0.717) is 10.9 Å². The molecular weight excluding hydrogens is 258 g/mol. The summed E-state index contributed by atoms with van der Waals surface area (Å²) in [6, 6.07) is 6.41. The lowest BCUT2D eigenvalue weighted by molar-refractivity contribution is 0.538. The number of halogens is 1. The Morgan fingerprint density at radius 2 is 2.12 bits per heavy atom. The molecule has 1 aliphatic carbocycles. The van der Waals surface area contributed by atoms with Crippen molar-refractivity contribution >= 4 is 21.6 Å². The molecule has 1 aromatic rings. The third-order valence-corrected chi connectivity index (χ3v) is 4.88. The molecule has 2 atom stereocenters. The van der Waals surface area contributed by atoms with Crippen LogP contribution in [0.15, 0.2) is 29.2 Å². The normalized spacial score (nSPS) is 25.1. The van der Waals surface area contributed by atoms with Crippen molar-refractivity contribution in [3.63, 3.8) is 0 Å². The van der Waals surface area contributed by atoms with Crippen molar-refractivity contribution in [3.05, 3.63) is 29.3 Å². The fraction of sp³-hybridized carbons (Fsp3) is 0.500. The van der Waals surface area contributed by atoms with Gasteiger partial charge in [0.2, 0.25) is 10.0 Å². The third-order valence-electron chi connectivity index (χ3n) is 3.12. The zero-order valence-electron chi connectivity index (χ0n) is 9.69. The Morgan fingerprint density at radius 3 is 2.71 bits per heavy atom. The molecule has 5 heteroatoms. The number of rotatable bonds is 3. The molecular formula is C12H16ClNO2S. The minimum Gasteiger partial charge on any atom is -0.208 e. The largest absolute Gasteiger partial charge is 0.240 e. The maximum absolute atomic E-state index is 12.1. The summed E-state index contributed by atoms with van der Waals surface area (Å²) in [5.41, 5.74) is 0. The monoisotopic (exact) mass is 273 g/mol. The van der Waals surface area contributed by atoms with Crippen LogP contribution in [0.1, 0.15) is 26.2 Å². The van der Waals surface area contributed by atoms with Crippen LogP contribution in [0.3, 0.4) is 0 Å². The van der Waals surface area contributed by atoms with Crippen molar-refractivity contribution in [1.29, 1.82) is 0 Å². The van der Waals surface area contributed by atoms with Gasteiger partial charge in [0.1, 0.15) is 0 Å². The van der Waals surface area contributed by atoms with E-state index in [1.165, 1.54) is 6.07 Å². The molecule has 1 aromatic carbocycles. The van der Waals surface area contributed by atoms with Crippen LogP contribution in [0, 0.1) is 5.92 Å². The Bertz CT molecular complexity index is 501. The molecule has 1 saturated carbocycles. The van der Waals surface area contributed by atoms with Gasteiger partial charge in [-0.2, -0.15) is 0 Å². The van der Waals surface area contributed by atoms with Gasteiger partial charge in [-0.25, -0.2) is 13.1 Å². The molecule has 2 unspecified atom stereocenters. The lowest BCUT2D eigenvalue weighted by atomic mass is 10.1. The highest BCUT2D eigenvalue weighted by Crippen LogP contribution is 2.26. The number of nitrogens with one attached hydrogen (secondary N) is 1. The van der Waals surface area contributed by atoms with Gasteiger partial charge in [0.15, 0.2) is 0 Å². The molecule has 0 aliphatic heterocycles. The Hall–Kier alpha value is -0.580. The van der Waals surface area contributed by atoms with Crippen molar-refractivity contribution in [3.8, 4) is 0 Å². The molecule has 0 spiro atoms. The van der Waals surface area contributed by atoms with Crippen molar-refractivity contribution < 1.29 is 8.42 Å². The molecule has 0 amide bonds. The highest BCUT2D eigenvalue weighted by molar-refractivity contribution is 7.89. The van der Waals surface area contributed by atoms with Gasteiger partial charge in [-0.05, 0) is 43.4 Å². The minimum absolute atomic E-state index is 0.0639. The van der Waals surface area contributed by atoms with Crippen molar-refractivity contribution in [1.82, 2.24) is 4.72 Å². The highest BCUT2D eigenvalue weighted by Gasteiger charge is 2.26. The van der Waals surface area contributed by atoms with Gasteiger partial charge in [-0.1, -0.05) is 24.6 Å². The summed E-state index contributed by atoms with van der Waals surface area (Å²) in [7, 11) is -3.42. The van der Waals surface area contributed by atoms with E-state index in [1.54, 1.807) is 18.2 Å². The van der Waals surface area contributed by atoms with Crippen LogP contribution in [0.5, 0.6) is 0 Å². The Morgan fingerprint density at radius 1 is 1.35 bits per heavy atom. The first-order chi connectivity index (χ1) is 7.97. The molecule has 1 N–H and O–H groups in total. The second-order valence-corrected chi connectivity index (χ2v) is 6.84. The molecule has 0 radical (unpaired) electrons. The lowest BCUT2D eigenvalue weighted by Crippen LogP contribution is -2.32. The fourth-order valence-electron chi connectivity index (χ4n) is 2.24. The van der Waals surface area contributed by atoms with Gasteiger partial charge in [0.25, 0.3) is 0 Å². The summed E-state index contributed by atoms with van der Waals surface area (Å²) in [6.07, 6.45) is 2.92. The molecule has 94 valence electrons. The van der Waals surface area contributed by atoms with Crippen LogP contribution in [0.2, 0.25) is 5.02 Å². The molecule has 0 heterocycles. The zero-order valence-corrected chi connectivity index (χ0v) is 11.3. The Kier molecular flexibility index (Phi) is 3.76. The zero-order chi connectivity index (χ0) is 12.5. The molecule has 2 rings (SSSR count). The molecule has 0 bridgehead atoms. The average molecular weight is 274 g/mol. The number of hydrogen-bond donors (Lipinski definition) is 1. The summed E-state index contributed by atoms with van der Waals surface area (Å²) < 4.78 is 26.9. The van der Waals surface area contributed by atoms with Crippen LogP contribution < -0.4 is 4.72 Å². The van der Waals surface area contributed by atoms with Crippen LogP contribution in [0.4, 0.5) is 0 Å². The van der Waals surface area contributed by atoms with Crippen LogP contribution >= 0.6 is 11.6 Å². The predicted octanol–water partition coefficient (Wildman–Crippen LogP) is 2.81. The fourth-order valence-corrected chi connectivity index (χ4v) is 3.82. The van der Waals surface area contributed by atoms with Gasteiger partial charge < -0.3 is 0 Å². The SMILES string of the molecule is CC1CCC(NS(=O)(=O)c2cccc(Cl)c2)C1. The van der Waals surface area contributed by atoms with Crippen molar-refractivity contribution in [2.75, 3.05) is 0 Å². The topological polar surface area (TPSA) is 46.2 Å². The summed E-state index contributed by atoms with van der Waals surface area (Å²) >= 11 is 5.80. The maximum Gasteiger partial charge on any atom is 0.240 e. The summed E-state index contributed by atoms with van der Waals surface area (Å²) in [6.45, 7) is 2.15. The van der Waals surface area contributed by atoms with Crippen LogP contribution in [-0.2, 0) is 10.0 Å². The predicted molar refractivity (Wildman–Crippen MR) is 68.6 cm³/mol. The molecule has 0 aromatic heterocycles. The average Bonchev–Trinajstić information content (AvgIpc) is 2.63. The van der Waals surface area contributed by atoms with E-state index in [0.717, 1.165) is 19.3 Å². The second-order valence-electron chi connectivity index (χ2n) is 4.69. The molecule has 17 heavy (non-hydrogen) atoms. The minimum atomic E-state index is -3.42. The van der Waals surface area contributed by atoms with Gasteiger partial charge >= 0.3 is 0 Å². The number of sulfonamides is 1. The first-order valence-corrected chi connectivity index (χ1v) is 7.61. The van der Waals surface area contributed by atoms with Crippen molar-refractivity contribution in [2.24, 2.45) is 5.92 Å². The first-order valence-electron chi connectivity index (χ1n) is 5.75. The van der Waals surface area contributed by atoms with Crippen molar-refractivity contribution in [2.45, 2.75) is 37.1 Å². The second kappa shape index (κ2) is 4.96. The summed E-state index contributed by atoms with van der Waals surface area (Å²) in [5.74, 6) is 0.599. The van der Waals surface area contributed by atoms with Crippen LogP contribution in [0.25, 0.3) is 0 Å². The molecule has 0 saturated heterocycles. The maximum atomic E-state index is 12.1. The molecule has 3 nitrogen and oxygen atoms in total. The number of benzene rings is 1. The van der Waals surface area contributed by atoms with E-state index >= 15 is 0 Å². The van der Waals surface area contributed by atoms with Crippen LogP contribution in [-0.4, -0.2) is 14.5 Å². The van der Waals surface area contributed by atoms with Gasteiger partial charge in [0, 0.05) is 11.1 Å². The van der Waals surface area contributed by atoms with E-state index in [1.807, 2.05) is 0 Å². The summed E-state index contributed by atoms with van der Waals surface area (Å²) in [5, 5.41) is 0.438. The first kappa shape index (κ1) is 12.9. The Labute approximate surface area is 107 Å².